The Morgan fingerprint density at radius 3 is 2.53 bits per heavy atom. The van der Waals surface area contributed by atoms with Crippen molar-refractivity contribution >= 4 is 5.97 Å². The molecule has 0 aliphatic carbocycles. The van der Waals surface area contributed by atoms with Crippen LogP contribution >= 0.6 is 0 Å². The molecule has 0 heterocycles. The van der Waals surface area contributed by atoms with Gasteiger partial charge in [-0.3, -0.25) is 4.79 Å². The summed E-state index contributed by atoms with van der Waals surface area (Å²) in [5, 5.41) is 12.1. The Morgan fingerprint density at radius 2 is 1.94 bits per heavy atom. The van der Waals surface area contributed by atoms with Gasteiger partial charge in [-0.2, -0.15) is 0 Å². The van der Waals surface area contributed by atoms with Crippen molar-refractivity contribution in [1.82, 2.24) is 5.32 Å². The quantitative estimate of drug-likeness (QED) is 0.713. The molecule has 94 valence electrons. The number of aryl methyl sites for hydroxylation is 1. The van der Waals surface area contributed by atoms with Crippen molar-refractivity contribution in [3.8, 4) is 0 Å². The summed E-state index contributed by atoms with van der Waals surface area (Å²) < 4.78 is 0. The predicted molar refractivity (Wildman–Crippen MR) is 69.0 cm³/mol. The molecule has 0 atom stereocenters. The van der Waals surface area contributed by atoms with E-state index in [1.165, 1.54) is 5.56 Å². The minimum absolute atomic E-state index is 0.511. The van der Waals surface area contributed by atoms with E-state index in [4.69, 9.17) is 5.11 Å². The molecular formula is C14H21NO2. The second-order valence-electron chi connectivity index (χ2n) is 4.95. The van der Waals surface area contributed by atoms with E-state index in [-0.39, 0.29) is 0 Å². The Kier molecular flexibility index (Phi) is 5.16. The van der Waals surface area contributed by atoms with Gasteiger partial charge in [-0.1, -0.05) is 30.3 Å². The molecule has 0 fully saturated rings. The van der Waals surface area contributed by atoms with Crippen molar-refractivity contribution in [2.75, 3.05) is 13.1 Å². The lowest BCUT2D eigenvalue weighted by molar-refractivity contribution is -0.146. The first kappa shape index (κ1) is 13.7. The van der Waals surface area contributed by atoms with E-state index in [0.717, 1.165) is 19.4 Å². The second-order valence-corrected chi connectivity index (χ2v) is 4.95. The minimum atomic E-state index is -0.756. The average molecular weight is 235 g/mol. The van der Waals surface area contributed by atoms with E-state index in [1.54, 1.807) is 13.8 Å². The predicted octanol–water partition coefficient (Wildman–Crippen LogP) is 2.32. The summed E-state index contributed by atoms with van der Waals surface area (Å²) in [7, 11) is 0. The Hall–Kier alpha value is -1.35. The van der Waals surface area contributed by atoms with Crippen molar-refractivity contribution in [2.24, 2.45) is 5.41 Å². The number of hydrogen-bond donors (Lipinski definition) is 2. The molecule has 0 radical (unpaired) electrons. The zero-order valence-corrected chi connectivity index (χ0v) is 10.6. The standard InChI is InChI=1S/C14H21NO2/c1-14(2,13(16)17)11-15-10-6-9-12-7-4-3-5-8-12/h3-5,7-8,15H,6,9-11H2,1-2H3,(H,16,17). The van der Waals surface area contributed by atoms with Crippen molar-refractivity contribution in [3.05, 3.63) is 35.9 Å². The van der Waals surface area contributed by atoms with E-state index in [0.29, 0.717) is 6.54 Å². The highest BCUT2D eigenvalue weighted by atomic mass is 16.4. The number of aliphatic carboxylic acids is 1. The van der Waals surface area contributed by atoms with Gasteiger partial charge in [0.25, 0.3) is 0 Å². The van der Waals surface area contributed by atoms with E-state index in [1.807, 2.05) is 18.2 Å². The van der Waals surface area contributed by atoms with Gasteiger partial charge in [0.05, 0.1) is 5.41 Å². The van der Waals surface area contributed by atoms with Crippen LogP contribution in [-0.4, -0.2) is 24.2 Å². The zero-order valence-electron chi connectivity index (χ0n) is 10.6. The van der Waals surface area contributed by atoms with Gasteiger partial charge in [0, 0.05) is 6.54 Å². The van der Waals surface area contributed by atoms with Crippen LogP contribution in [0.2, 0.25) is 0 Å². The SMILES string of the molecule is CC(C)(CNCCCc1ccccc1)C(=O)O. The lowest BCUT2D eigenvalue weighted by atomic mass is 9.94. The van der Waals surface area contributed by atoms with Gasteiger partial charge in [-0.15, -0.1) is 0 Å². The van der Waals surface area contributed by atoms with Crippen molar-refractivity contribution in [2.45, 2.75) is 26.7 Å². The van der Waals surface area contributed by atoms with Crippen LogP contribution in [0, 0.1) is 5.41 Å². The number of carboxylic acid groups (broad SMARTS) is 1. The third-order valence-corrected chi connectivity index (χ3v) is 2.81. The van der Waals surface area contributed by atoms with Crippen molar-refractivity contribution in [1.29, 1.82) is 0 Å². The number of nitrogens with one attached hydrogen (secondary N) is 1. The van der Waals surface area contributed by atoms with Crippen molar-refractivity contribution < 1.29 is 9.90 Å². The number of benzene rings is 1. The molecule has 0 aliphatic rings. The molecule has 0 amide bonds. The van der Waals surface area contributed by atoms with Crippen LogP contribution < -0.4 is 5.32 Å². The molecule has 0 aliphatic heterocycles. The molecule has 0 bridgehead atoms. The largest absolute Gasteiger partial charge is 0.481 e. The summed E-state index contributed by atoms with van der Waals surface area (Å²) in [6, 6.07) is 10.3. The number of carbonyl (C=O) groups is 1. The maximum atomic E-state index is 10.9. The number of hydrogen-bond acceptors (Lipinski definition) is 2. The summed E-state index contributed by atoms with van der Waals surface area (Å²) in [6.45, 7) is 4.84. The molecule has 0 saturated heterocycles. The first-order valence-corrected chi connectivity index (χ1v) is 6.00. The molecule has 1 aromatic rings. The summed E-state index contributed by atoms with van der Waals surface area (Å²) in [5.74, 6) is -0.756. The molecule has 17 heavy (non-hydrogen) atoms. The molecule has 0 saturated carbocycles. The Balaban J connectivity index is 2.15. The highest BCUT2D eigenvalue weighted by Gasteiger charge is 2.25. The van der Waals surface area contributed by atoms with Crippen LogP contribution in [0.3, 0.4) is 0 Å². The van der Waals surface area contributed by atoms with Gasteiger partial charge < -0.3 is 10.4 Å². The third-order valence-electron chi connectivity index (χ3n) is 2.81. The maximum absolute atomic E-state index is 10.9. The smallest absolute Gasteiger partial charge is 0.310 e. The Bertz CT molecular complexity index is 346. The maximum Gasteiger partial charge on any atom is 0.310 e. The van der Waals surface area contributed by atoms with Crippen LogP contribution in [0.25, 0.3) is 0 Å². The minimum Gasteiger partial charge on any atom is -0.481 e. The van der Waals surface area contributed by atoms with E-state index < -0.39 is 11.4 Å². The summed E-state index contributed by atoms with van der Waals surface area (Å²) in [4.78, 5) is 10.9. The van der Waals surface area contributed by atoms with Crippen LogP contribution in [0.4, 0.5) is 0 Å². The Labute approximate surface area is 103 Å². The average Bonchev–Trinajstić information content (AvgIpc) is 2.29. The first-order chi connectivity index (χ1) is 8.02. The van der Waals surface area contributed by atoms with Gasteiger partial charge in [0.2, 0.25) is 0 Å². The first-order valence-electron chi connectivity index (χ1n) is 6.00. The second kappa shape index (κ2) is 6.40. The monoisotopic (exact) mass is 235 g/mol. The van der Waals surface area contributed by atoms with Crippen LogP contribution in [0.5, 0.6) is 0 Å². The molecule has 0 aromatic heterocycles. The van der Waals surface area contributed by atoms with Gasteiger partial charge in [-0.25, -0.2) is 0 Å². The molecule has 3 nitrogen and oxygen atoms in total. The van der Waals surface area contributed by atoms with Gasteiger partial charge in [-0.05, 0) is 38.8 Å². The van der Waals surface area contributed by atoms with Gasteiger partial charge in [0.15, 0.2) is 0 Å². The van der Waals surface area contributed by atoms with E-state index >= 15 is 0 Å². The van der Waals surface area contributed by atoms with Crippen molar-refractivity contribution in [3.63, 3.8) is 0 Å². The highest BCUT2D eigenvalue weighted by Crippen LogP contribution is 2.13. The normalized spacial score (nSPS) is 11.4. The highest BCUT2D eigenvalue weighted by molar-refractivity contribution is 5.73. The van der Waals surface area contributed by atoms with Crippen LogP contribution in [-0.2, 0) is 11.2 Å². The molecule has 0 unspecified atom stereocenters. The van der Waals surface area contributed by atoms with Gasteiger partial charge in [0.1, 0.15) is 0 Å². The molecule has 0 spiro atoms. The fraction of sp³-hybridized carbons (Fsp3) is 0.500. The molecule has 3 heteroatoms. The lowest BCUT2D eigenvalue weighted by Gasteiger charge is -2.19. The third kappa shape index (κ3) is 5.00. The Morgan fingerprint density at radius 1 is 1.29 bits per heavy atom. The van der Waals surface area contributed by atoms with Gasteiger partial charge >= 0.3 is 5.97 Å². The fourth-order valence-electron chi connectivity index (χ4n) is 1.54. The number of carboxylic acids is 1. The van der Waals surface area contributed by atoms with E-state index in [9.17, 15) is 4.79 Å². The summed E-state index contributed by atoms with van der Waals surface area (Å²) >= 11 is 0. The zero-order chi connectivity index (χ0) is 12.7. The van der Waals surface area contributed by atoms with Crippen LogP contribution in [0.15, 0.2) is 30.3 Å². The molecule has 1 aromatic carbocycles. The van der Waals surface area contributed by atoms with E-state index in [2.05, 4.69) is 17.4 Å². The topological polar surface area (TPSA) is 49.3 Å². The summed E-state index contributed by atoms with van der Waals surface area (Å²) in [5.41, 5.74) is 0.638. The molecular weight excluding hydrogens is 214 g/mol. The number of rotatable bonds is 7. The molecule has 2 N–H and O–H groups in total. The lowest BCUT2D eigenvalue weighted by Crippen LogP contribution is -2.36. The molecule has 1 rings (SSSR count). The van der Waals surface area contributed by atoms with Crippen LogP contribution in [0.1, 0.15) is 25.8 Å². The summed E-state index contributed by atoms with van der Waals surface area (Å²) in [6.07, 6.45) is 2.06. The fourth-order valence-corrected chi connectivity index (χ4v) is 1.54.